The second-order valence-electron chi connectivity index (χ2n) is 13.2. The lowest BCUT2D eigenvalue weighted by molar-refractivity contribution is -0.207. The maximum Gasteiger partial charge on any atom is 0.220 e. The number of aliphatic hydroxyl groups is 3. The van der Waals surface area contributed by atoms with Crippen LogP contribution < -0.4 is 5.32 Å². The van der Waals surface area contributed by atoms with Crippen LogP contribution in [0.4, 0.5) is 0 Å². The minimum absolute atomic E-state index is 0.111. The van der Waals surface area contributed by atoms with Crippen molar-refractivity contribution in [2.45, 2.75) is 96.9 Å². The third-order valence-corrected chi connectivity index (χ3v) is 11.2. The number of hydrogen-bond acceptors (Lipinski definition) is 5. The molecule has 4 saturated carbocycles. The zero-order chi connectivity index (χ0) is 24.8. The Morgan fingerprint density at radius 1 is 1.06 bits per heavy atom. The van der Waals surface area contributed by atoms with Crippen LogP contribution in [0.3, 0.4) is 0 Å². The molecule has 0 aromatic heterocycles. The molecule has 0 aromatic rings. The van der Waals surface area contributed by atoms with Crippen molar-refractivity contribution in [2.75, 3.05) is 27.2 Å². The molecule has 1 amide bonds. The average molecular weight is 479 g/mol. The van der Waals surface area contributed by atoms with Gasteiger partial charge >= 0.3 is 0 Å². The van der Waals surface area contributed by atoms with Crippen molar-refractivity contribution in [3.63, 3.8) is 0 Å². The number of fused-ring (bicyclic) bond motifs is 5. The van der Waals surface area contributed by atoms with E-state index < -0.39 is 0 Å². The van der Waals surface area contributed by atoms with Gasteiger partial charge in [-0.25, -0.2) is 0 Å². The molecule has 0 spiro atoms. The monoisotopic (exact) mass is 478 g/mol. The molecule has 6 heteroatoms. The van der Waals surface area contributed by atoms with E-state index in [1.165, 1.54) is 0 Å². The van der Waals surface area contributed by atoms with E-state index in [0.717, 1.165) is 57.9 Å². The zero-order valence-corrected chi connectivity index (χ0v) is 22.2. The summed E-state index contributed by atoms with van der Waals surface area (Å²) >= 11 is 0. The van der Waals surface area contributed by atoms with Gasteiger partial charge in [-0.15, -0.1) is 0 Å². The van der Waals surface area contributed by atoms with Gasteiger partial charge in [0.05, 0.1) is 18.3 Å². The second kappa shape index (κ2) is 9.99. The molecule has 4 aliphatic rings. The van der Waals surface area contributed by atoms with Crippen LogP contribution in [0.5, 0.6) is 0 Å². The maximum atomic E-state index is 12.4. The van der Waals surface area contributed by atoms with Gasteiger partial charge in [-0.3, -0.25) is 4.79 Å². The summed E-state index contributed by atoms with van der Waals surface area (Å²) in [5.74, 6) is 2.14. The topological polar surface area (TPSA) is 93.0 Å². The van der Waals surface area contributed by atoms with E-state index in [9.17, 15) is 20.1 Å². The summed E-state index contributed by atoms with van der Waals surface area (Å²) in [7, 11) is 4.01. The molecule has 0 aliphatic heterocycles. The quantitative estimate of drug-likeness (QED) is 0.451. The van der Waals surface area contributed by atoms with E-state index in [0.29, 0.717) is 42.6 Å². The summed E-state index contributed by atoms with van der Waals surface area (Å²) in [6.45, 7) is 8.46. The van der Waals surface area contributed by atoms with Crippen LogP contribution in [0.2, 0.25) is 0 Å². The van der Waals surface area contributed by atoms with Crippen molar-refractivity contribution in [3.05, 3.63) is 0 Å². The Labute approximate surface area is 206 Å². The van der Waals surface area contributed by atoms with Crippen LogP contribution in [-0.2, 0) is 4.79 Å². The molecule has 4 fully saturated rings. The molecule has 0 bridgehead atoms. The number of nitrogens with one attached hydrogen (secondary N) is 1. The fraction of sp³-hybridized carbons (Fsp3) is 0.964. The van der Waals surface area contributed by atoms with Gasteiger partial charge in [-0.1, -0.05) is 20.8 Å². The summed E-state index contributed by atoms with van der Waals surface area (Å²) in [4.78, 5) is 14.4. The molecular weight excluding hydrogens is 428 g/mol. The van der Waals surface area contributed by atoms with Crippen LogP contribution in [0, 0.1) is 46.3 Å². The van der Waals surface area contributed by atoms with Gasteiger partial charge in [0.25, 0.3) is 0 Å². The van der Waals surface area contributed by atoms with Crippen molar-refractivity contribution in [3.8, 4) is 0 Å². The Kier molecular flexibility index (Phi) is 7.75. The van der Waals surface area contributed by atoms with E-state index in [1.54, 1.807) is 0 Å². The molecular formula is C28H50N2O4. The van der Waals surface area contributed by atoms with E-state index in [4.69, 9.17) is 0 Å². The molecule has 11 unspecified atom stereocenters. The Hall–Kier alpha value is -0.690. The summed E-state index contributed by atoms with van der Waals surface area (Å²) < 4.78 is 0. The summed E-state index contributed by atoms with van der Waals surface area (Å²) in [6.07, 6.45) is 6.82. The Morgan fingerprint density at radius 3 is 2.50 bits per heavy atom. The number of hydrogen-bond donors (Lipinski definition) is 4. The fourth-order valence-electron chi connectivity index (χ4n) is 9.20. The van der Waals surface area contributed by atoms with E-state index in [2.05, 4.69) is 31.0 Å². The molecule has 4 aliphatic carbocycles. The highest BCUT2D eigenvalue weighted by molar-refractivity contribution is 5.75. The summed E-state index contributed by atoms with van der Waals surface area (Å²) in [6, 6.07) is 0. The molecule has 0 aromatic carbocycles. The SMILES string of the molecule is CC(CCC(=O)NCCN(C)C)C1CCC2C3C(O)CC4CC(O)CCC4(C)C3CC(O)C12C. The normalized spacial score (nSPS) is 47.0. The smallest absolute Gasteiger partial charge is 0.220 e. The lowest BCUT2D eigenvalue weighted by Gasteiger charge is -2.63. The van der Waals surface area contributed by atoms with Gasteiger partial charge in [0, 0.05) is 19.5 Å². The number of rotatable bonds is 7. The molecule has 11 atom stereocenters. The molecule has 0 saturated heterocycles. The standard InChI is InChI=1S/C28H50N2O4/c1-17(6-9-25(34)29-12-13-30(4)5)20-7-8-21-26-22(16-24(33)28(20,21)3)27(2)11-10-19(31)14-18(27)15-23(26)32/h17-24,26,31-33H,6-16H2,1-5H3,(H,29,34). The predicted molar refractivity (Wildman–Crippen MR) is 134 cm³/mol. The molecule has 196 valence electrons. The van der Waals surface area contributed by atoms with Gasteiger partial charge < -0.3 is 25.5 Å². The first-order valence-electron chi connectivity index (χ1n) is 13.9. The highest BCUT2D eigenvalue weighted by Crippen LogP contribution is 2.68. The van der Waals surface area contributed by atoms with Gasteiger partial charge in [-0.05, 0) is 112 Å². The second-order valence-corrected chi connectivity index (χ2v) is 13.2. The van der Waals surface area contributed by atoms with Crippen LogP contribution in [-0.4, -0.2) is 71.6 Å². The molecule has 0 radical (unpaired) electrons. The van der Waals surface area contributed by atoms with Crippen molar-refractivity contribution in [1.82, 2.24) is 10.2 Å². The number of aliphatic hydroxyl groups excluding tert-OH is 3. The van der Waals surface area contributed by atoms with E-state index in [1.807, 2.05) is 14.1 Å². The van der Waals surface area contributed by atoms with Crippen molar-refractivity contribution in [2.24, 2.45) is 46.3 Å². The highest BCUT2D eigenvalue weighted by Gasteiger charge is 2.65. The van der Waals surface area contributed by atoms with Crippen LogP contribution in [0.15, 0.2) is 0 Å². The number of amides is 1. The third-order valence-electron chi connectivity index (χ3n) is 11.2. The first kappa shape index (κ1) is 26.4. The predicted octanol–water partition coefficient (Wildman–Crippen LogP) is 3.04. The molecule has 34 heavy (non-hydrogen) atoms. The average Bonchev–Trinajstić information content (AvgIpc) is 3.12. The highest BCUT2D eigenvalue weighted by atomic mass is 16.3. The van der Waals surface area contributed by atoms with Crippen LogP contribution >= 0.6 is 0 Å². The lowest BCUT2D eigenvalue weighted by Crippen LogP contribution is -2.62. The maximum absolute atomic E-state index is 12.4. The lowest BCUT2D eigenvalue weighted by atomic mass is 9.43. The molecule has 4 N–H and O–H groups in total. The zero-order valence-electron chi connectivity index (χ0n) is 22.2. The van der Waals surface area contributed by atoms with Gasteiger partial charge in [0.15, 0.2) is 0 Å². The number of likely N-dealkylation sites (N-methyl/N-ethyl adjacent to an activating group) is 1. The van der Waals surface area contributed by atoms with E-state index in [-0.39, 0.29) is 41.0 Å². The molecule has 6 nitrogen and oxygen atoms in total. The molecule has 4 rings (SSSR count). The first-order chi connectivity index (χ1) is 16.0. The minimum Gasteiger partial charge on any atom is -0.393 e. The van der Waals surface area contributed by atoms with Crippen LogP contribution in [0.25, 0.3) is 0 Å². The minimum atomic E-state index is -0.364. The third kappa shape index (κ3) is 4.57. The largest absolute Gasteiger partial charge is 0.393 e. The van der Waals surface area contributed by atoms with Crippen molar-refractivity contribution < 1.29 is 20.1 Å². The number of nitrogens with zero attached hydrogens (tertiary/aromatic N) is 1. The summed E-state index contributed by atoms with van der Waals surface area (Å²) in [5.41, 5.74) is -0.0832. The Morgan fingerprint density at radius 2 is 1.79 bits per heavy atom. The summed E-state index contributed by atoms with van der Waals surface area (Å²) in [5, 5.41) is 36.4. The van der Waals surface area contributed by atoms with Crippen LogP contribution in [0.1, 0.15) is 78.6 Å². The van der Waals surface area contributed by atoms with Crippen molar-refractivity contribution in [1.29, 1.82) is 0 Å². The van der Waals surface area contributed by atoms with E-state index >= 15 is 0 Å². The Bertz CT molecular complexity index is 731. The number of carbonyl (C=O) groups excluding carboxylic acids is 1. The molecule has 0 heterocycles. The van der Waals surface area contributed by atoms with Gasteiger partial charge in [-0.2, -0.15) is 0 Å². The van der Waals surface area contributed by atoms with Crippen molar-refractivity contribution >= 4 is 5.91 Å². The Balaban J connectivity index is 1.44. The van der Waals surface area contributed by atoms with Gasteiger partial charge in [0.2, 0.25) is 5.91 Å². The number of carbonyl (C=O) groups is 1. The fourth-order valence-corrected chi connectivity index (χ4v) is 9.20. The first-order valence-corrected chi connectivity index (χ1v) is 13.9. The van der Waals surface area contributed by atoms with Gasteiger partial charge in [0.1, 0.15) is 0 Å².